The maximum absolute atomic E-state index is 11.5. The van der Waals surface area contributed by atoms with Crippen LogP contribution in [0.15, 0.2) is 12.1 Å². The molecule has 0 spiro atoms. The van der Waals surface area contributed by atoms with Crippen molar-refractivity contribution in [2.75, 3.05) is 6.54 Å². The summed E-state index contributed by atoms with van der Waals surface area (Å²) in [6.07, 6.45) is 0.758. The van der Waals surface area contributed by atoms with Crippen LogP contribution in [0.2, 0.25) is 5.02 Å². The minimum atomic E-state index is -0.254. The number of hydrogen-bond acceptors (Lipinski definition) is 3. The van der Waals surface area contributed by atoms with Gasteiger partial charge in [-0.3, -0.25) is 4.79 Å². The van der Waals surface area contributed by atoms with Gasteiger partial charge in [0.15, 0.2) is 5.78 Å². The lowest BCUT2D eigenvalue weighted by Crippen LogP contribution is -2.24. The number of fused-ring (bicyclic) bond motifs is 1. The molecule has 0 bridgehead atoms. The summed E-state index contributed by atoms with van der Waals surface area (Å²) in [5.74, 6) is 0.592. The fourth-order valence-electron chi connectivity index (χ4n) is 1.95. The maximum atomic E-state index is 11.5. The smallest absolute Gasteiger partial charge is 0.176 e. The number of hydrogen-bond donors (Lipinski definition) is 1. The third kappa shape index (κ3) is 1.93. The van der Waals surface area contributed by atoms with Crippen molar-refractivity contribution >= 4 is 17.4 Å². The second-order valence-electron chi connectivity index (χ2n) is 4.61. The Balaban J connectivity index is 2.46. The first kappa shape index (κ1) is 11.4. The molecule has 2 N–H and O–H groups in total. The number of ketones is 1. The number of carbonyl (C=O) groups is 1. The Hall–Kier alpha value is -1.06. The maximum Gasteiger partial charge on any atom is 0.176 e. The van der Waals surface area contributed by atoms with E-state index in [1.807, 2.05) is 19.9 Å². The van der Waals surface area contributed by atoms with E-state index in [2.05, 4.69) is 0 Å². The Morgan fingerprint density at radius 3 is 2.88 bits per heavy atom. The molecule has 0 saturated heterocycles. The van der Waals surface area contributed by atoms with Crippen LogP contribution >= 0.6 is 11.6 Å². The van der Waals surface area contributed by atoms with Gasteiger partial charge in [0, 0.05) is 17.5 Å². The molecule has 4 heteroatoms. The fraction of sp³-hybridized carbons (Fsp3) is 0.417. The second-order valence-corrected chi connectivity index (χ2v) is 5.02. The number of Topliss-reactive ketones (excluding diaryl/α,β-unsaturated/α-hetero) is 1. The van der Waals surface area contributed by atoms with Crippen molar-refractivity contribution in [1.82, 2.24) is 0 Å². The van der Waals surface area contributed by atoms with Crippen LogP contribution in [-0.2, 0) is 6.42 Å². The minimum Gasteiger partial charge on any atom is -0.486 e. The van der Waals surface area contributed by atoms with Crippen LogP contribution in [0.5, 0.6) is 5.75 Å². The van der Waals surface area contributed by atoms with E-state index < -0.39 is 0 Å². The standard InChI is InChI=1S/C12H14ClNO2/c1-12(2)5-8-3-7(10(15)6-14)4-9(13)11(8)16-12/h3-4H,5-6,14H2,1-2H3. The van der Waals surface area contributed by atoms with E-state index in [0.29, 0.717) is 16.3 Å². The lowest BCUT2D eigenvalue weighted by molar-refractivity contribution is 0.100. The predicted octanol–water partition coefficient (Wildman–Crippen LogP) is 2.19. The molecule has 1 aromatic carbocycles. The lowest BCUT2D eigenvalue weighted by atomic mass is 9.99. The Morgan fingerprint density at radius 2 is 2.25 bits per heavy atom. The molecule has 16 heavy (non-hydrogen) atoms. The lowest BCUT2D eigenvalue weighted by Gasteiger charge is -2.17. The predicted molar refractivity (Wildman–Crippen MR) is 63.2 cm³/mol. The molecular formula is C12H14ClNO2. The number of nitrogens with two attached hydrogens (primary N) is 1. The summed E-state index contributed by atoms with van der Waals surface area (Å²) in [4.78, 5) is 11.5. The molecule has 3 nitrogen and oxygen atoms in total. The van der Waals surface area contributed by atoms with E-state index in [0.717, 1.165) is 12.0 Å². The van der Waals surface area contributed by atoms with Crippen LogP contribution in [0.25, 0.3) is 0 Å². The highest BCUT2D eigenvalue weighted by Gasteiger charge is 2.32. The van der Waals surface area contributed by atoms with Gasteiger partial charge in [-0.1, -0.05) is 11.6 Å². The Morgan fingerprint density at radius 1 is 1.56 bits per heavy atom. The zero-order valence-electron chi connectivity index (χ0n) is 9.34. The molecule has 2 rings (SSSR count). The van der Waals surface area contributed by atoms with Gasteiger partial charge in [-0.2, -0.15) is 0 Å². The fourth-order valence-corrected chi connectivity index (χ4v) is 2.22. The summed E-state index contributed by atoms with van der Waals surface area (Å²) in [5, 5.41) is 0.486. The number of rotatable bonds is 2. The summed E-state index contributed by atoms with van der Waals surface area (Å²) in [6, 6.07) is 3.45. The summed E-state index contributed by atoms with van der Waals surface area (Å²) < 4.78 is 5.72. The Labute approximate surface area is 99.5 Å². The van der Waals surface area contributed by atoms with Gasteiger partial charge in [0.2, 0.25) is 0 Å². The topological polar surface area (TPSA) is 52.3 Å². The number of carbonyl (C=O) groups excluding carboxylic acids is 1. The molecule has 0 radical (unpaired) electrons. The van der Waals surface area contributed by atoms with Gasteiger partial charge < -0.3 is 10.5 Å². The van der Waals surface area contributed by atoms with E-state index in [-0.39, 0.29) is 17.9 Å². The van der Waals surface area contributed by atoms with E-state index in [4.69, 9.17) is 22.1 Å². The van der Waals surface area contributed by atoms with Gasteiger partial charge in [0.1, 0.15) is 11.4 Å². The molecule has 1 aromatic rings. The van der Waals surface area contributed by atoms with Gasteiger partial charge in [-0.25, -0.2) is 0 Å². The average Bonchev–Trinajstić information content (AvgIpc) is 2.52. The Kier molecular flexibility index (Phi) is 2.68. The van der Waals surface area contributed by atoms with Crippen LogP contribution in [0, 0.1) is 0 Å². The first-order valence-corrected chi connectivity index (χ1v) is 5.55. The third-order valence-electron chi connectivity index (χ3n) is 2.62. The zero-order valence-corrected chi connectivity index (χ0v) is 10.1. The van der Waals surface area contributed by atoms with Gasteiger partial charge in [0.25, 0.3) is 0 Å². The highest BCUT2D eigenvalue weighted by Crippen LogP contribution is 2.40. The van der Waals surface area contributed by atoms with Crippen LogP contribution in [-0.4, -0.2) is 17.9 Å². The SMILES string of the molecule is CC1(C)Cc2cc(C(=O)CN)cc(Cl)c2O1. The van der Waals surface area contributed by atoms with Gasteiger partial charge >= 0.3 is 0 Å². The molecule has 0 amide bonds. The number of halogens is 1. The van der Waals surface area contributed by atoms with Crippen LogP contribution < -0.4 is 10.5 Å². The van der Waals surface area contributed by atoms with Gasteiger partial charge in [0.05, 0.1) is 11.6 Å². The Bertz CT molecular complexity index is 455. The van der Waals surface area contributed by atoms with Gasteiger partial charge in [-0.15, -0.1) is 0 Å². The van der Waals surface area contributed by atoms with Crippen molar-refractivity contribution in [2.24, 2.45) is 5.73 Å². The first-order valence-electron chi connectivity index (χ1n) is 5.17. The largest absolute Gasteiger partial charge is 0.486 e. The molecular weight excluding hydrogens is 226 g/mol. The molecule has 0 aliphatic carbocycles. The molecule has 86 valence electrons. The highest BCUT2D eigenvalue weighted by molar-refractivity contribution is 6.32. The van der Waals surface area contributed by atoms with Crippen LogP contribution in [0.4, 0.5) is 0 Å². The molecule has 0 aromatic heterocycles. The molecule has 1 aliphatic rings. The molecule has 0 saturated carbocycles. The summed E-state index contributed by atoms with van der Waals surface area (Å²) in [5.41, 5.74) is 6.62. The van der Waals surface area contributed by atoms with Crippen LogP contribution in [0.1, 0.15) is 29.8 Å². The third-order valence-corrected chi connectivity index (χ3v) is 2.90. The zero-order chi connectivity index (χ0) is 11.9. The van der Waals surface area contributed by atoms with E-state index in [1.165, 1.54) is 0 Å². The van der Waals surface area contributed by atoms with Crippen molar-refractivity contribution in [3.05, 3.63) is 28.3 Å². The highest BCUT2D eigenvalue weighted by atomic mass is 35.5. The monoisotopic (exact) mass is 239 g/mol. The van der Waals surface area contributed by atoms with E-state index in [9.17, 15) is 4.79 Å². The molecule has 0 unspecified atom stereocenters. The van der Waals surface area contributed by atoms with E-state index >= 15 is 0 Å². The number of benzene rings is 1. The minimum absolute atomic E-state index is 0.000629. The molecule has 1 aliphatic heterocycles. The quantitative estimate of drug-likeness (QED) is 0.805. The normalized spacial score (nSPS) is 16.8. The molecule has 0 fully saturated rings. The molecule has 1 heterocycles. The summed E-state index contributed by atoms with van der Waals surface area (Å²) >= 11 is 6.09. The van der Waals surface area contributed by atoms with E-state index in [1.54, 1.807) is 6.07 Å². The van der Waals surface area contributed by atoms with Crippen molar-refractivity contribution < 1.29 is 9.53 Å². The number of ether oxygens (including phenoxy) is 1. The second kappa shape index (κ2) is 3.75. The summed E-state index contributed by atoms with van der Waals surface area (Å²) in [7, 11) is 0. The first-order chi connectivity index (χ1) is 7.43. The van der Waals surface area contributed by atoms with Crippen molar-refractivity contribution in [3.63, 3.8) is 0 Å². The van der Waals surface area contributed by atoms with Gasteiger partial charge in [-0.05, 0) is 26.0 Å². The van der Waals surface area contributed by atoms with Crippen molar-refractivity contribution in [2.45, 2.75) is 25.9 Å². The van der Waals surface area contributed by atoms with Crippen molar-refractivity contribution in [3.8, 4) is 5.75 Å². The average molecular weight is 240 g/mol. The molecule has 0 atom stereocenters. The van der Waals surface area contributed by atoms with Crippen molar-refractivity contribution in [1.29, 1.82) is 0 Å². The van der Waals surface area contributed by atoms with Crippen LogP contribution in [0.3, 0.4) is 0 Å². The summed E-state index contributed by atoms with van der Waals surface area (Å²) in [6.45, 7) is 3.99.